The van der Waals surface area contributed by atoms with E-state index >= 15 is 0 Å². The van der Waals surface area contributed by atoms with Crippen LogP contribution in [0.25, 0.3) is 0 Å². The third-order valence-corrected chi connectivity index (χ3v) is 2.37. The number of ether oxygens (including phenoxy) is 2. The van der Waals surface area contributed by atoms with Gasteiger partial charge in [-0.05, 0) is 34.6 Å². The third-order valence-electron chi connectivity index (χ3n) is 2.37. The van der Waals surface area contributed by atoms with Crippen molar-refractivity contribution in [3.05, 3.63) is 0 Å². The van der Waals surface area contributed by atoms with Crippen LogP contribution in [0.15, 0.2) is 0 Å². The Morgan fingerprint density at radius 1 is 1.11 bits per heavy atom. The fourth-order valence-corrected chi connectivity index (χ4v) is 1.20. The molecular formula is C12H21NO6. The van der Waals surface area contributed by atoms with Crippen LogP contribution in [-0.2, 0) is 19.1 Å². The van der Waals surface area contributed by atoms with E-state index in [1.807, 2.05) is 0 Å². The van der Waals surface area contributed by atoms with Gasteiger partial charge in [0.1, 0.15) is 11.6 Å². The Morgan fingerprint density at radius 3 is 1.89 bits per heavy atom. The molecule has 0 rings (SSSR count). The molecule has 0 aromatic rings. The molecule has 0 unspecified atom stereocenters. The molecule has 0 heterocycles. The Balaban J connectivity index is 5.06. The molecule has 0 bridgehead atoms. The maximum atomic E-state index is 11.6. The second-order valence-electron chi connectivity index (χ2n) is 5.63. The molecule has 0 aliphatic carbocycles. The molecule has 0 fully saturated rings. The van der Waals surface area contributed by atoms with Crippen LogP contribution in [-0.4, -0.2) is 41.9 Å². The van der Waals surface area contributed by atoms with Gasteiger partial charge in [0.15, 0.2) is 0 Å². The van der Waals surface area contributed by atoms with Gasteiger partial charge >= 0.3 is 18.0 Å². The quantitative estimate of drug-likeness (QED) is 0.746. The van der Waals surface area contributed by atoms with Crippen LogP contribution in [0.2, 0.25) is 0 Å². The van der Waals surface area contributed by atoms with Gasteiger partial charge in [-0.25, -0.2) is 9.59 Å². The number of amides is 1. The van der Waals surface area contributed by atoms with E-state index in [-0.39, 0.29) is 0 Å². The van der Waals surface area contributed by atoms with E-state index < -0.39 is 35.1 Å². The van der Waals surface area contributed by atoms with Crippen LogP contribution in [0.3, 0.4) is 0 Å². The third kappa shape index (κ3) is 5.15. The molecule has 110 valence electrons. The normalized spacial score (nSPS) is 13.4. The SMILES string of the molecule is COC(=O)[C@@H](NC(=O)OC(C)(C)C)C(C)(C)C(=O)O. The summed E-state index contributed by atoms with van der Waals surface area (Å²) in [5.41, 5.74) is -2.28. The first kappa shape index (κ1) is 17.2. The minimum Gasteiger partial charge on any atom is -0.481 e. The highest BCUT2D eigenvalue weighted by atomic mass is 16.6. The molecule has 7 nitrogen and oxygen atoms in total. The molecule has 0 aliphatic rings. The number of carbonyl (C=O) groups excluding carboxylic acids is 2. The van der Waals surface area contributed by atoms with Crippen LogP contribution < -0.4 is 5.32 Å². The molecule has 0 aromatic carbocycles. The van der Waals surface area contributed by atoms with E-state index in [4.69, 9.17) is 9.84 Å². The number of aliphatic carboxylic acids is 1. The largest absolute Gasteiger partial charge is 0.481 e. The summed E-state index contributed by atoms with van der Waals surface area (Å²) in [7, 11) is 1.12. The molecule has 1 atom stereocenters. The van der Waals surface area contributed by atoms with Crippen LogP contribution >= 0.6 is 0 Å². The average Bonchev–Trinajstić information content (AvgIpc) is 2.21. The fraction of sp³-hybridized carbons (Fsp3) is 0.750. The number of carboxylic acid groups (broad SMARTS) is 1. The standard InChI is InChI=1S/C12H21NO6/c1-11(2,3)19-10(17)13-7(8(14)18-6)12(4,5)9(15)16/h7H,1-6H3,(H,13,17)(H,15,16)/t7-/m1/s1. The molecular weight excluding hydrogens is 254 g/mol. The van der Waals surface area contributed by atoms with Crippen molar-refractivity contribution >= 4 is 18.0 Å². The number of nitrogens with one attached hydrogen (secondary N) is 1. The van der Waals surface area contributed by atoms with Gasteiger partial charge in [0.2, 0.25) is 0 Å². The van der Waals surface area contributed by atoms with Crippen LogP contribution in [0.5, 0.6) is 0 Å². The molecule has 0 radical (unpaired) electrons. The van der Waals surface area contributed by atoms with Crippen molar-refractivity contribution < 1.29 is 29.0 Å². The summed E-state index contributed by atoms with van der Waals surface area (Å²) in [5, 5.41) is 11.3. The van der Waals surface area contributed by atoms with Gasteiger partial charge in [0.05, 0.1) is 12.5 Å². The smallest absolute Gasteiger partial charge is 0.408 e. The van der Waals surface area contributed by atoms with E-state index in [9.17, 15) is 14.4 Å². The Morgan fingerprint density at radius 2 is 1.58 bits per heavy atom. The van der Waals surface area contributed by atoms with Gasteiger partial charge in [0.25, 0.3) is 0 Å². The van der Waals surface area contributed by atoms with Gasteiger partial charge in [-0.3, -0.25) is 4.79 Å². The summed E-state index contributed by atoms with van der Waals surface area (Å²) < 4.78 is 9.49. The molecule has 2 N–H and O–H groups in total. The first-order valence-electron chi connectivity index (χ1n) is 5.72. The zero-order valence-electron chi connectivity index (χ0n) is 12.1. The van der Waals surface area contributed by atoms with Crippen LogP contribution in [0.4, 0.5) is 4.79 Å². The fourth-order valence-electron chi connectivity index (χ4n) is 1.20. The lowest BCUT2D eigenvalue weighted by Gasteiger charge is -2.29. The van der Waals surface area contributed by atoms with Crippen molar-refractivity contribution in [2.45, 2.75) is 46.3 Å². The first-order chi connectivity index (χ1) is 8.41. The molecule has 0 aliphatic heterocycles. The molecule has 0 saturated carbocycles. The van der Waals surface area contributed by atoms with Gasteiger partial charge in [-0.1, -0.05) is 0 Å². The Labute approximate surface area is 112 Å². The van der Waals surface area contributed by atoms with Crippen molar-refractivity contribution in [2.24, 2.45) is 5.41 Å². The van der Waals surface area contributed by atoms with Crippen molar-refractivity contribution in [1.29, 1.82) is 0 Å². The highest BCUT2D eigenvalue weighted by Crippen LogP contribution is 2.22. The highest BCUT2D eigenvalue weighted by molar-refractivity contribution is 5.89. The minimum absolute atomic E-state index is 0.752. The zero-order chi connectivity index (χ0) is 15.4. The van der Waals surface area contributed by atoms with E-state index in [0.29, 0.717) is 0 Å². The van der Waals surface area contributed by atoms with Gasteiger partial charge in [-0.2, -0.15) is 0 Å². The maximum Gasteiger partial charge on any atom is 0.408 e. The van der Waals surface area contributed by atoms with Crippen molar-refractivity contribution in [3.63, 3.8) is 0 Å². The number of alkyl carbamates (subject to hydrolysis) is 1. The van der Waals surface area contributed by atoms with Crippen LogP contribution in [0.1, 0.15) is 34.6 Å². The number of hydrogen-bond acceptors (Lipinski definition) is 5. The summed E-state index contributed by atoms with van der Waals surface area (Å²) in [4.78, 5) is 34.4. The summed E-state index contributed by atoms with van der Waals surface area (Å²) in [5.74, 6) is -2.09. The van der Waals surface area contributed by atoms with Gasteiger partial charge in [0, 0.05) is 0 Å². The van der Waals surface area contributed by atoms with E-state index in [1.54, 1.807) is 20.8 Å². The average molecular weight is 275 g/mol. The lowest BCUT2D eigenvalue weighted by Crippen LogP contribution is -2.54. The van der Waals surface area contributed by atoms with Crippen LogP contribution in [0, 0.1) is 5.41 Å². The van der Waals surface area contributed by atoms with Gasteiger partial charge < -0.3 is 19.9 Å². The van der Waals surface area contributed by atoms with E-state index in [2.05, 4.69) is 10.1 Å². The monoisotopic (exact) mass is 275 g/mol. The number of hydrogen-bond donors (Lipinski definition) is 2. The lowest BCUT2D eigenvalue weighted by atomic mass is 9.84. The number of rotatable bonds is 4. The lowest BCUT2D eigenvalue weighted by molar-refractivity contribution is -0.158. The molecule has 0 aromatic heterocycles. The Bertz CT molecular complexity index is 369. The molecule has 19 heavy (non-hydrogen) atoms. The summed E-state index contributed by atoms with van der Waals surface area (Å²) >= 11 is 0. The predicted molar refractivity (Wildman–Crippen MR) is 66.6 cm³/mol. The predicted octanol–water partition coefficient (Wildman–Crippen LogP) is 1.16. The summed E-state index contributed by atoms with van der Waals surface area (Å²) in [6.07, 6.45) is -0.878. The number of carbonyl (C=O) groups is 3. The molecule has 1 amide bonds. The number of carboxylic acids is 1. The van der Waals surface area contributed by atoms with E-state index in [1.165, 1.54) is 13.8 Å². The number of esters is 1. The van der Waals surface area contributed by atoms with E-state index in [0.717, 1.165) is 7.11 Å². The maximum absolute atomic E-state index is 11.6. The highest BCUT2D eigenvalue weighted by Gasteiger charge is 2.44. The molecule has 0 saturated heterocycles. The second-order valence-corrected chi connectivity index (χ2v) is 5.63. The zero-order valence-corrected chi connectivity index (χ0v) is 12.1. The van der Waals surface area contributed by atoms with Gasteiger partial charge in [-0.15, -0.1) is 0 Å². The topological polar surface area (TPSA) is 102 Å². The Kier molecular flexibility index (Phi) is 5.34. The van der Waals surface area contributed by atoms with Crippen molar-refractivity contribution in [1.82, 2.24) is 5.32 Å². The first-order valence-corrected chi connectivity index (χ1v) is 5.72. The molecule has 0 spiro atoms. The Hall–Kier alpha value is -1.79. The second kappa shape index (κ2) is 5.90. The summed E-state index contributed by atoms with van der Waals surface area (Å²) in [6.45, 7) is 7.59. The number of methoxy groups -OCH3 is 1. The summed E-state index contributed by atoms with van der Waals surface area (Å²) in [6, 6.07) is -1.34. The van der Waals surface area contributed by atoms with Crippen molar-refractivity contribution in [3.8, 4) is 0 Å². The molecule has 7 heteroatoms. The minimum atomic E-state index is -1.52. The van der Waals surface area contributed by atoms with Crippen molar-refractivity contribution in [2.75, 3.05) is 7.11 Å².